The molecule has 100 valence electrons. The predicted octanol–water partition coefficient (Wildman–Crippen LogP) is 3.90. The largest absolute Gasteiger partial charge is 0.359 e. The summed E-state index contributed by atoms with van der Waals surface area (Å²) in [5.74, 6) is 0. The SMILES string of the molecule is CCCC(C)(CCCC1(C)CC1)CCNC=O. The molecule has 0 aromatic heterocycles. The molecule has 1 amide bonds. The van der Waals surface area contributed by atoms with Gasteiger partial charge in [0.2, 0.25) is 6.41 Å². The van der Waals surface area contributed by atoms with Crippen molar-refractivity contribution in [3.8, 4) is 0 Å². The molecule has 0 aromatic rings. The van der Waals surface area contributed by atoms with Crippen LogP contribution in [-0.4, -0.2) is 13.0 Å². The average Bonchev–Trinajstić information content (AvgIpc) is 2.97. The van der Waals surface area contributed by atoms with Gasteiger partial charge in [-0.25, -0.2) is 0 Å². The third-order valence-electron chi connectivity index (χ3n) is 4.47. The van der Waals surface area contributed by atoms with E-state index in [-0.39, 0.29) is 0 Å². The van der Waals surface area contributed by atoms with Crippen LogP contribution in [-0.2, 0) is 4.79 Å². The van der Waals surface area contributed by atoms with Gasteiger partial charge < -0.3 is 5.32 Å². The molecule has 1 unspecified atom stereocenters. The van der Waals surface area contributed by atoms with E-state index in [1.807, 2.05) is 0 Å². The second-order valence-electron chi connectivity index (χ2n) is 6.55. The van der Waals surface area contributed by atoms with Gasteiger partial charge in [0.15, 0.2) is 0 Å². The first-order chi connectivity index (χ1) is 8.04. The van der Waals surface area contributed by atoms with Crippen LogP contribution in [0.4, 0.5) is 0 Å². The Bertz CT molecular complexity index is 235. The first-order valence-corrected chi connectivity index (χ1v) is 7.21. The zero-order valence-corrected chi connectivity index (χ0v) is 11.8. The summed E-state index contributed by atoms with van der Waals surface area (Å²) in [5, 5.41) is 2.80. The van der Waals surface area contributed by atoms with E-state index in [1.165, 1.54) is 44.9 Å². The Kier molecular flexibility index (Phi) is 5.48. The third-order valence-corrected chi connectivity index (χ3v) is 4.47. The summed E-state index contributed by atoms with van der Waals surface area (Å²) in [6.45, 7) is 7.89. The monoisotopic (exact) mass is 239 g/mol. The molecule has 1 aliphatic carbocycles. The number of amides is 1. The Balaban J connectivity index is 2.26. The molecule has 1 rings (SSSR count). The maximum atomic E-state index is 10.3. The van der Waals surface area contributed by atoms with Crippen LogP contribution in [0.3, 0.4) is 0 Å². The molecule has 0 aromatic carbocycles. The van der Waals surface area contributed by atoms with E-state index < -0.39 is 0 Å². The highest BCUT2D eigenvalue weighted by Gasteiger charge is 2.36. The Morgan fingerprint density at radius 2 is 2.00 bits per heavy atom. The highest BCUT2D eigenvalue weighted by molar-refractivity contribution is 5.45. The minimum atomic E-state index is 0.427. The highest BCUT2D eigenvalue weighted by Crippen LogP contribution is 2.50. The number of carbonyl (C=O) groups excluding carboxylic acids is 1. The van der Waals surface area contributed by atoms with Crippen LogP contribution in [0, 0.1) is 10.8 Å². The number of carbonyl (C=O) groups is 1. The van der Waals surface area contributed by atoms with E-state index in [4.69, 9.17) is 0 Å². The molecule has 1 fully saturated rings. The molecule has 1 N–H and O–H groups in total. The van der Waals surface area contributed by atoms with Crippen LogP contribution in [0.15, 0.2) is 0 Å². The fourth-order valence-corrected chi connectivity index (χ4v) is 2.82. The summed E-state index contributed by atoms with van der Waals surface area (Å²) in [5.41, 5.74) is 1.12. The third kappa shape index (κ3) is 5.56. The zero-order chi connectivity index (χ0) is 12.8. The molecule has 1 saturated carbocycles. The van der Waals surface area contributed by atoms with E-state index in [0.717, 1.165) is 19.4 Å². The lowest BCUT2D eigenvalue weighted by molar-refractivity contribution is -0.109. The van der Waals surface area contributed by atoms with E-state index in [9.17, 15) is 4.79 Å². The molecule has 1 aliphatic rings. The van der Waals surface area contributed by atoms with Crippen molar-refractivity contribution in [3.05, 3.63) is 0 Å². The first-order valence-electron chi connectivity index (χ1n) is 7.21. The van der Waals surface area contributed by atoms with Gasteiger partial charge in [0, 0.05) is 6.54 Å². The van der Waals surface area contributed by atoms with Crippen LogP contribution < -0.4 is 5.32 Å². The van der Waals surface area contributed by atoms with Gasteiger partial charge in [-0.1, -0.05) is 33.6 Å². The van der Waals surface area contributed by atoms with E-state index in [0.29, 0.717) is 10.8 Å². The van der Waals surface area contributed by atoms with Crippen LogP contribution >= 0.6 is 0 Å². The summed E-state index contributed by atoms with van der Waals surface area (Å²) < 4.78 is 0. The Hall–Kier alpha value is -0.530. The van der Waals surface area contributed by atoms with Crippen molar-refractivity contribution >= 4 is 6.41 Å². The fraction of sp³-hybridized carbons (Fsp3) is 0.933. The molecule has 0 spiro atoms. The minimum absolute atomic E-state index is 0.427. The van der Waals surface area contributed by atoms with Crippen molar-refractivity contribution in [1.82, 2.24) is 5.32 Å². The molecular formula is C15H29NO. The summed E-state index contributed by atoms with van der Waals surface area (Å²) in [4.78, 5) is 10.3. The summed E-state index contributed by atoms with van der Waals surface area (Å²) in [6.07, 6.45) is 11.4. The van der Waals surface area contributed by atoms with E-state index in [2.05, 4.69) is 26.1 Å². The Labute approximate surface area is 107 Å². The summed E-state index contributed by atoms with van der Waals surface area (Å²) in [6, 6.07) is 0. The van der Waals surface area contributed by atoms with Gasteiger partial charge in [0.05, 0.1) is 0 Å². The number of hydrogen-bond donors (Lipinski definition) is 1. The summed E-state index contributed by atoms with van der Waals surface area (Å²) >= 11 is 0. The highest BCUT2D eigenvalue weighted by atomic mass is 16.1. The predicted molar refractivity (Wildman–Crippen MR) is 72.9 cm³/mol. The molecule has 0 heterocycles. The van der Waals surface area contributed by atoms with Crippen molar-refractivity contribution in [2.24, 2.45) is 10.8 Å². The van der Waals surface area contributed by atoms with Crippen molar-refractivity contribution in [3.63, 3.8) is 0 Å². The lowest BCUT2D eigenvalue weighted by Gasteiger charge is -2.30. The molecule has 0 radical (unpaired) electrons. The van der Waals surface area contributed by atoms with Crippen LogP contribution in [0.2, 0.25) is 0 Å². The normalized spacial score (nSPS) is 20.6. The minimum Gasteiger partial charge on any atom is -0.359 e. The second kappa shape index (κ2) is 6.42. The van der Waals surface area contributed by atoms with Gasteiger partial charge in [-0.05, 0) is 49.4 Å². The zero-order valence-electron chi connectivity index (χ0n) is 11.8. The standard InChI is InChI=1S/C15H29NO/c1-4-6-14(2,11-12-16-13-17)7-5-8-15(3)9-10-15/h13H,4-12H2,1-3H3,(H,16,17). The molecular weight excluding hydrogens is 210 g/mol. The number of rotatable bonds is 10. The molecule has 0 aliphatic heterocycles. The number of hydrogen-bond acceptors (Lipinski definition) is 1. The summed E-state index contributed by atoms with van der Waals surface area (Å²) in [7, 11) is 0. The van der Waals surface area contributed by atoms with Crippen molar-refractivity contribution in [1.29, 1.82) is 0 Å². The van der Waals surface area contributed by atoms with Crippen molar-refractivity contribution < 1.29 is 4.79 Å². The van der Waals surface area contributed by atoms with Crippen LogP contribution in [0.25, 0.3) is 0 Å². The van der Waals surface area contributed by atoms with Gasteiger partial charge in [-0.15, -0.1) is 0 Å². The van der Waals surface area contributed by atoms with Crippen molar-refractivity contribution in [2.45, 2.75) is 72.1 Å². The quantitative estimate of drug-likeness (QED) is 0.454. The molecule has 17 heavy (non-hydrogen) atoms. The molecule has 2 nitrogen and oxygen atoms in total. The van der Waals surface area contributed by atoms with E-state index in [1.54, 1.807) is 0 Å². The first kappa shape index (κ1) is 14.5. The maximum Gasteiger partial charge on any atom is 0.207 e. The molecule has 1 atom stereocenters. The number of nitrogens with one attached hydrogen (secondary N) is 1. The molecule has 0 saturated heterocycles. The lowest BCUT2D eigenvalue weighted by atomic mass is 9.77. The fourth-order valence-electron chi connectivity index (χ4n) is 2.82. The van der Waals surface area contributed by atoms with E-state index >= 15 is 0 Å². The topological polar surface area (TPSA) is 29.1 Å². The molecule has 0 bridgehead atoms. The average molecular weight is 239 g/mol. The van der Waals surface area contributed by atoms with Crippen molar-refractivity contribution in [2.75, 3.05) is 6.54 Å². The second-order valence-corrected chi connectivity index (χ2v) is 6.55. The van der Waals surface area contributed by atoms with Gasteiger partial charge >= 0.3 is 0 Å². The maximum absolute atomic E-state index is 10.3. The Morgan fingerprint density at radius 1 is 1.29 bits per heavy atom. The molecule has 2 heteroatoms. The van der Waals surface area contributed by atoms with Gasteiger partial charge in [-0.3, -0.25) is 4.79 Å². The smallest absolute Gasteiger partial charge is 0.207 e. The van der Waals surface area contributed by atoms with Gasteiger partial charge in [0.1, 0.15) is 0 Å². The Morgan fingerprint density at radius 3 is 2.53 bits per heavy atom. The van der Waals surface area contributed by atoms with Gasteiger partial charge in [-0.2, -0.15) is 0 Å². The lowest BCUT2D eigenvalue weighted by Crippen LogP contribution is -2.24. The van der Waals surface area contributed by atoms with Crippen LogP contribution in [0.1, 0.15) is 72.1 Å². The van der Waals surface area contributed by atoms with Crippen LogP contribution in [0.5, 0.6) is 0 Å². The van der Waals surface area contributed by atoms with Gasteiger partial charge in [0.25, 0.3) is 0 Å².